The lowest BCUT2D eigenvalue weighted by molar-refractivity contribution is 0.0695. The molecule has 2 aromatic rings. The molecule has 1 unspecified atom stereocenters. The van der Waals surface area contributed by atoms with Crippen LogP contribution >= 0.6 is 12.4 Å². The maximum atomic E-state index is 15.1. The van der Waals surface area contributed by atoms with E-state index in [1.54, 1.807) is 15.5 Å². The van der Waals surface area contributed by atoms with Gasteiger partial charge in [0, 0.05) is 30.7 Å². The Morgan fingerprint density at radius 3 is 2.84 bits per heavy atom. The van der Waals surface area contributed by atoms with Crippen LogP contribution in [0.3, 0.4) is 0 Å². The van der Waals surface area contributed by atoms with Crippen molar-refractivity contribution in [1.82, 2.24) is 9.55 Å². The van der Waals surface area contributed by atoms with Crippen molar-refractivity contribution < 1.29 is 19.1 Å². The van der Waals surface area contributed by atoms with E-state index in [0.29, 0.717) is 12.3 Å². The van der Waals surface area contributed by atoms with Gasteiger partial charge in [0.05, 0.1) is 17.6 Å². The third-order valence-corrected chi connectivity index (χ3v) is 5.80. The van der Waals surface area contributed by atoms with Gasteiger partial charge in [-0.25, -0.2) is 14.2 Å². The van der Waals surface area contributed by atoms with Crippen LogP contribution in [0, 0.1) is 11.2 Å². The molecule has 2 fully saturated rings. The predicted molar refractivity (Wildman–Crippen MR) is 121 cm³/mol. The lowest BCUT2D eigenvalue weighted by atomic mass is 9.88. The number of hydrogen-bond donors (Lipinski definition) is 2. The van der Waals surface area contributed by atoms with Crippen LogP contribution in [-0.2, 0) is 4.84 Å². The fraction of sp³-hybridized carbons (Fsp3) is 0.429. The van der Waals surface area contributed by atoms with Crippen LogP contribution in [0.1, 0.15) is 36.2 Å². The number of carbonyl (C=O) groups is 1. The van der Waals surface area contributed by atoms with Gasteiger partial charge in [0.15, 0.2) is 11.6 Å². The van der Waals surface area contributed by atoms with E-state index < -0.39 is 22.6 Å². The van der Waals surface area contributed by atoms with Gasteiger partial charge in [-0.05, 0) is 18.9 Å². The van der Waals surface area contributed by atoms with E-state index in [2.05, 4.69) is 16.7 Å². The number of hydrogen-bond acceptors (Lipinski definition) is 7. The van der Waals surface area contributed by atoms with E-state index >= 15 is 4.39 Å². The molecule has 1 saturated heterocycles. The molecular formula is C21H25ClFN5O4. The Morgan fingerprint density at radius 1 is 1.53 bits per heavy atom. The molecule has 1 saturated carbocycles. The summed E-state index contributed by atoms with van der Waals surface area (Å²) >= 11 is 0. The molecule has 0 radical (unpaired) electrons. The van der Waals surface area contributed by atoms with Gasteiger partial charge in [0.1, 0.15) is 17.8 Å². The quantitative estimate of drug-likeness (QED) is 0.365. The average molecular weight is 466 g/mol. The summed E-state index contributed by atoms with van der Waals surface area (Å²) in [5.74, 6) is -1.98. The van der Waals surface area contributed by atoms with Crippen molar-refractivity contribution in [2.45, 2.75) is 25.8 Å². The van der Waals surface area contributed by atoms with Gasteiger partial charge in [0.2, 0.25) is 5.43 Å². The maximum Gasteiger partial charge on any atom is 0.341 e. The molecule has 32 heavy (non-hydrogen) atoms. The van der Waals surface area contributed by atoms with Crippen molar-refractivity contribution in [3.63, 3.8) is 0 Å². The number of oxime groups is 1. The minimum Gasteiger partial charge on any atom is -0.477 e. The van der Waals surface area contributed by atoms with Crippen molar-refractivity contribution in [3.8, 4) is 0 Å². The number of carboxylic acid groups (broad SMARTS) is 1. The first-order valence-electron chi connectivity index (χ1n) is 10.0. The molecule has 4 rings (SSSR count). The highest BCUT2D eigenvalue weighted by Gasteiger charge is 2.41. The van der Waals surface area contributed by atoms with Gasteiger partial charge in [-0.1, -0.05) is 24.7 Å². The number of halogens is 2. The molecule has 1 aliphatic heterocycles. The molecule has 9 nitrogen and oxygen atoms in total. The number of rotatable bonds is 7. The Hall–Kier alpha value is -2.98. The fourth-order valence-electron chi connectivity index (χ4n) is 3.82. The highest BCUT2D eigenvalue weighted by Crippen LogP contribution is 2.38. The first-order valence-corrected chi connectivity index (χ1v) is 10.0. The number of aromatic carboxylic acids is 1. The predicted octanol–water partition coefficient (Wildman–Crippen LogP) is 2.33. The summed E-state index contributed by atoms with van der Waals surface area (Å²) in [6.45, 7) is 6.66. The smallest absolute Gasteiger partial charge is 0.341 e. The summed E-state index contributed by atoms with van der Waals surface area (Å²) in [5.41, 5.74) is 5.24. The summed E-state index contributed by atoms with van der Waals surface area (Å²) in [7, 11) is 0. The van der Waals surface area contributed by atoms with Gasteiger partial charge in [-0.2, -0.15) is 0 Å². The number of fused-ring (bicyclic) bond motifs is 1. The summed E-state index contributed by atoms with van der Waals surface area (Å²) in [6.07, 6.45) is 4.57. The molecule has 0 aromatic carbocycles. The Labute approximate surface area is 189 Å². The number of nitrogens with zero attached hydrogens (tertiary/aromatic N) is 4. The summed E-state index contributed by atoms with van der Waals surface area (Å²) in [4.78, 5) is 35.5. The Balaban J connectivity index is 0.00000289. The van der Waals surface area contributed by atoms with Gasteiger partial charge >= 0.3 is 5.97 Å². The topological polar surface area (TPSA) is 123 Å². The molecule has 172 valence electrons. The van der Waals surface area contributed by atoms with E-state index in [4.69, 9.17) is 10.6 Å². The zero-order valence-electron chi connectivity index (χ0n) is 17.6. The second-order valence-electron chi connectivity index (χ2n) is 8.22. The summed E-state index contributed by atoms with van der Waals surface area (Å²) in [5, 5.41) is 13.5. The number of anilines is 1. The largest absolute Gasteiger partial charge is 0.477 e. The monoisotopic (exact) mass is 465 g/mol. The SMILES string of the molecule is C=CCO/N=C1/CN(c2nc3c(cc2F)c(=O)c(C(=O)O)cn3C2CC2)CC1(C)CN.Cl. The number of aromatic nitrogens is 2. The highest BCUT2D eigenvalue weighted by atomic mass is 35.5. The first-order chi connectivity index (χ1) is 14.8. The van der Waals surface area contributed by atoms with Crippen LogP contribution in [0.4, 0.5) is 10.2 Å². The fourth-order valence-corrected chi connectivity index (χ4v) is 3.82. The lowest BCUT2D eigenvalue weighted by Gasteiger charge is -2.23. The third kappa shape index (κ3) is 4.07. The summed E-state index contributed by atoms with van der Waals surface area (Å²) < 4.78 is 16.8. The molecule has 0 spiro atoms. The van der Waals surface area contributed by atoms with E-state index in [-0.39, 0.29) is 60.6 Å². The first kappa shape index (κ1) is 23.7. The molecule has 2 aliphatic rings. The Kier molecular flexibility index (Phi) is 6.56. The Morgan fingerprint density at radius 2 is 2.25 bits per heavy atom. The van der Waals surface area contributed by atoms with Crippen molar-refractivity contribution in [3.05, 3.63) is 46.5 Å². The summed E-state index contributed by atoms with van der Waals surface area (Å²) in [6, 6.07) is 1.12. The normalized spacial score (nSPS) is 21.6. The zero-order chi connectivity index (χ0) is 22.3. The minimum absolute atomic E-state index is 0. The molecule has 0 amide bonds. The van der Waals surface area contributed by atoms with Crippen LogP contribution in [0.15, 0.2) is 34.9 Å². The maximum absolute atomic E-state index is 15.1. The molecule has 0 bridgehead atoms. The van der Waals surface area contributed by atoms with Crippen LogP contribution in [0.5, 0.6) is 0 Å². The second kappa shape index (κ2) is 8.87. The molecule has 2 aromatic heterocycles. The van der Waals surface area contributed by atoms with Gasteiger partial charge in [-0.15, -0.1) is 12.4 Å². The molecular weight excluding hydrogens is 441 g/mol. The third-order valence-electron chi connectivity index (χ3n) is 5.80. The van der Waals surface area contributed by atoms with Crippen molar-refractivity contribution in [1.29, 1.82) is 0 Å². The molecule has 3 heterocycles. The van der Waals surface area contributed by atoms with Gasteiger partial charge in [-0.3, -0.25) is 4.79 Å². The molecule has 1 aliphatic carbocycles. The minimum atomic E-state index is -1.34. The zero-order valence-corrected chi connectivity index (χ0v) is 18.4. The second-order valence-corrected chi connectivity index (χ2v) is 8.22. The van der Waals surface area contributed by atoms with Crippen LogP contribution in [-0.4, -0.2) is 52.6 Å². The van der Waals surface area contributed by atoms with E-state index in [9.17, 15) is 14.7 Å². The van der Waals surface area contributed by atoms with E-state index in [1.807, 2.05) is 6.92 Å². The number of pyridine rings is 2. The Bertz CT molecular complexity index is 1160. The van der Waals surface area contributed by atoms with E-state index in [1.165, 1.54) is 6.20 Å². The molecule has 3 N–H and O–H groups in total. The molecule has 1 atom stereocenters. The highest BCUT2D eigenvalue weighted by molar-refractivity contribution is 5.97. The number of carboxylic acids is 1. The van der Waals surface area contributed by atoms with Gasteiger partial charge < -0.3 is 25.1 Å². The van der Waals surface area contributed by atoms with Gasteiger partial charge in [0.25, 0.3) is 0 Å². The van der Waals surface area contributed by atoms with Crippen LogP contribution in [0.2, 0.25) is 0 Å². The van der Waals surface area contributed by atoms with Crippen molar-refractivity contribution in [2.75, 3.05) is 31.1 Å². The molecule has 11 heteroatoms. The van der Waals surface area contributed by atoms with Crippen molar-refractivity contribution in [2.24, 2.45) is 16.3 Å². The average Bonchev–Trinajstić information content (AvgIpc) is 3.52. The van der Waals surface area contributed by atoms with Crippen LogP contribution < -0.4 is 16.1 Å². The lowest BCUT2D eigenvalue weighted by Crippen LogP contribution is -2.36. The van der Waals surface area contributed by atoms with Crippen molar-refractivity contribution >= 4 is 40.9 Å². The van der Waals surface area contributed by atoms with Crippen LogP contribution in [0.25, 0.3) is 11.0 Å². The number of nitrogens with two attached hydrogens (primary N) is 1. The standard InChI is InChI=1S/C21H24FN5O4.ClH/c1-3-6-31-25-16-9-26(11-21(16,2)10-23)19-15(22)7-13-17(28)14(20(29)30)8-27(12-4-5-12)18(13)24-19;/h3,7-8,12H,1,4-6,9-11,23H2,2H3,(H,29,30);1H/b25-16-;. The van der Waals surface area contributed by atoms with E-state index in [0.717, 1.165) is 18.9 Å².